The highest BCUT2D eigenvalue weighted by Crippen LogP contribution is 2.34. The first-order valence-electron chi connectivity index (χ1n) is 9.01. The van der Waals surface area contributed by atoms with Gasteiger partial charge in [-0.2, -0.15) is 0 Å². The number of likely N-dealkylation sites (tertiary alicyclic amines) is 1. The fraction of sp³-hybridized carbons (Fsp3) is 0.944. The normalized spacial score (nSPS) is 25.6. The van der Waals surface area contributed by atoms with Crippen molar-refractivity contribution in [1.29, 1.82) is 0 Å². The molecule has 2 aliphatic rings. The van der Waals surface area contributed by atoms with E-state index in [1.807, 2.05) is 32.8 Å². The van der Waals surface area contributed by atoms with Crippen LogP contribution in [0.1, 0.15) is 59.8 Å². The fourth-order valence-corrected chi connectivity index (χ4v) is 3.45. The second kappa shape index (κ2) is 7.39. The van der Waals surface area contributed by atoms with Gasteiger partial charge in [-0.25, -0.2) is 4.79 Å². The molecule has 2 fully saturated rings. The van der Waals surface area contributed by atoms with E-state index in [1.54, 1.807) is 0 Å². The summed E-state index contributed by atoms with van der Waals surface area (Å²) in [6.45, 7) is 10.5. The van der Waals surface area contributed by atoms with Crippen LogP contribution in [0.25, 0.3) is 0 Å². The van der Waals surface area contributed by atoms with E-state index >= 15 is 0 Å². The lowest BCUT2D eigenvalue weighted by Crippen LogP contribution is -2.53. The van der Waals surface area contributed by atoms with Crippen molar-refractivity contribution in [1.82, 2.24) is 10.2 Å². The van der Waals surface area contributed by atoms with Crippen LogP contribution in [0.15, 0.2) is 0 Å². The highest BCUT2D eigenvalue weighted by atomic mass is 16.6. The summed E-state index contributed by atoms with van der Waals surface area (Å²) in [7, 11) is 1.82. The Balaban J connectivity index is 1.81. The zero-order chi connectivity index (χ0) is 17.1. The molecule has 2 unspecified atom stereocenters. The first-order valence-corrected chi connectivity index (χ1v) is 9.01. The first kappa shape index (κ1) is 18.5. The van der Waals surface area contributed by atoms with Crippen molar-refractivity contribution < 1.29 is 14.3 Å². The number of carbonyl (C=O) groups excluding carboxylic acids is 1. The first-order chi connectivity index (χ1) is 10.7. The third kappa shape index (κ3) is 5.08. The van der Waals surface area contributed by atoms with Gasteiger partial charge in [-0.05, 0) is 65.7 Å². The van der Waals surface area contributed by atoms with Crippen molar-refractivity contribution in [3.8, 4) is 0 Å². The maximum absolute atomic E-state index is 12.3. The molecule has 0 bridgehead atoms. The molecule has 1 aliphatic carbocycles. The second-order valence-electron chi connectivity index (χ2n) is 8.24. The fourth-order valence-electron chi connectivity index (χ4n) is 3.45. The van der Waals surface area contributed by atoms with E-state index in [2.05, 4.69) is 12.2 Å². The number of methoxy groups -OCH3 is 1. The molecule has 1 saturated carbocycles. The Hall–Kier alpha value is -0.810. The van der Waals surface area contributed by atoms with E-state index in [-0.39, 0.29) is 11.7 Å². The monoisotopic (exact) mass is 326 g/mol. The summed E-state index contributed by atoms with van der Waals surface area (Å²) in [5.74, 6) is 0.477. The predicted molar refractivity (Wildman–Crippen MR) is 91.6 cm³/mol. The van der Waals surface area contributed by atoms with Gasteiger partial charge >= 0.3 is 6.09 Å². The number of nitrogens with one attached hydrogen (secondary N) is 1. The van der Waals surface area contributed by atoms with E-state index in [1.165, 1.54) is 6.42 Å². The van der Waals surface area contributed by atoms with E-state index in [0.29, 0.717) is 12.0 Å². The van der Waals surface area contributed by atoms with Gasteiger partial charge in [0.2, 0.25) is 0 Å². The number of amides is 1. The summed E-state index contributed by atoms with van der Waals surface area (Å²) in [6, 6.07) is 0.382. The topological polar surface area (TPSA) is 50.8 Å². The molecule has 0 aromatic carbocycles. The van der Waals surface area contributed by atoms with Crippen LogP contribution in [-0.4, -0.2) is 55.0 Å². The SMILES string of the molecule is COC1(CNC(C)C2CCCN(C(=O)OC(C)(C)C)C2)CCC1. The quantitative estimate of drug-likeness (QED) is 0.843. The molecule has 0 radical (unpaired) electrons. The number of hydrogen-bond acceptors (Lipinski definition) is 4. The Kier molecular flexibility index (Phi) is 5.95. The summed E-state index contributed by atoms with van der Waals surface area (Å²) >= 11 is 0. The number of hydrogen-bond donors (Lipinski definition) is 1. The Morgan fingerprint density at radius 1 is 1.35 bits per heavy atom. The van der Waals surface area contributed by atoms with Crippen LogP contribution >= 0.6 is 0 Å². The molecule has 2 atom stereocenters. The Bertz CT molecular complexity index is 396. The molecule has 1 saturated heterocycles. The van der Waals surface area contributed by atoms with E-state index in [9.17, 15) is 4.79 Å². The third-order valence-corrected chi connectivity index (χ3v) is 5.26. The average molecular weight is 326 g/mol. The summed E-state index contributed by atoms with van der Waals surface area (Å²) in [4.78, 5) is 14.1. The molecule has 1 heterocycles. The Labute approximate surface area is 141 Å². The molecule has 0 spiro atoms. The molecule has 134 valence electrons. The van der Waals surface area contributed by atoms with Gasteiger partial charge < -0.3 is 19.7 Å². The van der Waals surface area contributed by atoms with Crippen LogP contribution in [0.2, 0.25) is 0 Å². The summed E-state index contributed by atoms with van der Waals surface area (Å²) in [5, 5.41) is 3.65. The van der Waals surface area contributed by atoms with Crippen molar-refractivity contribution in [2.45, 2.75) is 77.0 Å². The van der Waals surface area contributed by atoms with Crippen molar-refractivity contribution in [3.05, 3.63) is 0 Å². The lowest BCUT2D eigenvalue weighted by Gasteiger charge is -2.43. The number of nitrogens with zero attached hydrogens (tertiary/aromatic N) is 1. The van der Waals surface area contributed by atoms with Crippen molar-refractivity contribution in [3.63, 3.8) is 0 Å². The maximum atomic E-state index is 12.3. The van der Waals surface area contributed by atoms with Crippen LogP contribution in [-0.2, 0) is 9.47 Å². The van der Waals surface area contributed by atoms with Crippen molar-refractivity contribution >= 4 is 6.09 Å². The van der Waals surface area contributed by atoms with E-state index in [4.69, 9.17) is 9.47 Å². The molecule has 5 heteroatoms. The minimum absolute atomic E-state index is 0.0494. The van der Waals surface area contributed by atoms with E-state index in [0.717, 1.165) is 45.3 Å². The molecular weight excluding hydrogens is 292 g/mol. The number of piperidine rings is 1. The van der Waals surface area contributed by atoms with Crippen molar-refractivity contribution in [2.75, 3.05) is 26.7 Å². The zero-order valence-corrected chi connectivity index (χ0v) is 15.5. The molecule has 1 amide bonds. The predicted octanol–water partition coefficient (Wildman–Crippen LogP) is 3.18. The molecule has 0 aromatic rings. The molecule has 2 rings (SSSR count). The lowest BCUT2D eigenvalue weighted by molar-refractivity contribution is -0.0720. The lowest BCUT2D eigenvalue weighted by atomic mass is 9.79. The largest absolute Gasteiger partial charge is 0.444 e. The smallest absolute Gasteiger partial charge is 0.410 e. The van der Waals surface area contributed by atoms with Crippen LogP contribution in [0.3, 0.4) is 0 Å². The van der Waals surface area contributed by atoms with E-state index < -0.39 is 5.60 Å². The molecule has 1 aliphatic heterocycles. The van der Waals surface area contributed by atoms with Crippen LogP contribution in [0, 0.1) is 5.92 Å². The average Bonchev–Trinajstić information content (AvgIpc) is 2.45. The Morgan fingerprint density at radius 3 is 2.57 bits per heavy atom. The molecule has 1 N–H and O–H groups in total. The summed E-state index contributed by atoms with van der Waals surface area (Å²) in [6.07, 6.45) is 5.59. The number of ether oxygens (including phenoxy) is 2. The number of carbonyl (C=O) groups is 1. The molecular formula is C18H34N2O3. The minimum atomic E-state index is -0.428. The maximum Gasteiger partial charge on any atom is 0.410 e. The van der Waals surface area contributed by atoms with Crippen LogP contribution in [0.5, 0.6) is 0 Å². The summed E-state index contributed by atoms with van der Waals surface area (Å²) < 4.78 is 11.2. The third-order valence-electron chi connectivity index (χ3n) is 5.26. The molecule has 5 nitrogen and oxygen atoms in total. The zero-order valence-electron chi connectivity index (χ0n) is 15.5. The van der Waals surface area contributed by atoms with Crippen LogP contribution in [0.4, 0.5) is 4.79 Å². The highest BCUT2D eigenvalue weighted by molar-refractivity contribution is 5.68. The summed E-state index contributed by atoms with van der Waals surface area (Å²) in [5.41, 5.74) is -0.378. The standard InChI is InChI=1S/C18H34N2O3/c1-14(19-13-18(22-5)9-7-10-18)15-8-6-11-20(12-15)16(21)23-17(2,3)4/h14-15,19H,6-13H2,1-5H3. The minimum Gasteiger partial charge on any atom is -0.444 e. The molecule has 0 aromatic heterocycles. The number of rotatable bonds is 5. The van der Waals surface area contributed by atoms with Crippen LogP contribution < -0.4 is 5.32 Å². The van der Waals surface area contributed by atoms with Crippen molar-refractivity contribution in [2.24, 2.45) is 5.92 Å². The van der Waals surface area contributed by atoms with Gasteiger partial charge in [-0.3, -0.25) is 0 Å². The van der Waals surface area contributed by atoms with Gasteiger partial charge in [-0.1, -0.05) is 0 Å². The highest BCUT2D eigenvalue weighted by Gasteiger charge is 2.38. The van der Waals surface area contributed by atoms with Gasteiger partial charge in [0.1, 0.15) is 5.60 Å². The molecule has 23 heavy (non-hydrogen) atoms. The van der Waals surface area contributed by atoms with Gasteiger partial charge in [0.25, 0.3) is 0 Å². The second-order valence-corrected chi connectivity index (χ2v) is 8.24. The van der Waals surface area contributed by atoms with Gasteiger partial charge in [-0.15, -0.1) is 0 Å². The van der Waals surface area contributed by atoms with Gasteiger partial charge in [0, 0.05) is 32.8 Å². The van der Waals surface area contributed by atoms with Gasteiger partial charge in [0.15, 0.2) is 0 Å². The van der Waals surface area contributed by atoms with Gasteiger partial charge in [0.05, 0.1) is 5.60 Å². The Morgan fingerprint density at radius 2 is 2.04 bits per heavy atom.